The molecule has 4 nitrogen and oxygen atoms in total. The van der Waals surface area contributed by atoms with Crippen LogP contribution in [0.25, 0.3) is 5.69 Å². The highest BCUT2D eigenvalue weighted by molar-refractivity contribution is 5.85. The lowest BCUT2D eigenvalue weighted by Gasteiger charge is -2.17. The fraction of sp³-hybridized carbons (Fsp3) is 0.438. The van der Waals surface area contributed by atoms with Crippen molar-refractivity contribution in [3.8, 4) is 5.69 Å². The maximum atomic E-state index is 4.09. The van der Waals surface area contributed by atoms with E-state index in [-0.39, 0.29) is 12.4 Å². The summed E-state index contributed by atoms with van der Waals surface area (Å²) >= 11 is 0. The quantitative estimate of drug-likeness (QED) is 0.941. The summed E-state index contributed by atoms with van der Waals surface area (Å²) in [5.74, 6) is 1.75. The number of imidazole rings is 1. The lowest BCUT2D eigenvalue weighted by Crippen LogP contribution is -2.25. The standard InChI is InChI=1S/C16H20N4.ClH/c1-3-16(20-6-5-17-12-20)4-2-13(1)9-19-10-14-7-18-8-15(14)11-19;/h1-6,12,14-15,18H,7-11H2;1H/t14-,15+;. The van der Waals surface area contributed by atoms with Gasteiger partial charge in [0.25, 0.3) is 0 Å². The highest BCUT2D eigenvalue weighted by atomic mass is 35.5. The van der Waals surface area contributed by atoms with Crippen molar-refractivity contribution in [2.24, 2.45) is 11.8 Å². The molecule has 2 atom stereocenters. The minimum absolute atomic E-state index is 0. The average Bonchev–Trinajstić information content (AvgIpc) is 3.15. The Morgan fingerprint density at radius 1 is 1.10 bits per heavy atom. The van der Waals surface area contributed by atoms with E-state index in [2.05, 4.69) is 39.5 Å². The molecular weight excluding hydrogens is 284 g/mol. The molecule has 0 amide bonds. The number of rotatable bonds is 3. The third kappa shape index (κ3) is 2.98. The van der Waals surface area contributed by atoms with Crippen molar-refractivity contribution in [3.63, 3.8) is 0 Å². The number of hydrogen-bond donors (Lipinski definition) is 1. The van der Waals surface area contributed by atoms with Gasteiger partial charge in [-0.1, -0.05) is 12.1 Å². The highest BCUT2D eigenvalue weighted by Gasteiger charge is 2.35. The Morgan fingerprint density at radius 2 is 1.81 bits per heavy atom. The molecule has 5 heteroatoms. The smallest absolute Gasteiger partial charge is 0.0991 e. The molecule has 1 N–H and O–H groups in total. The van der Waals surface area contributed by atoms with Crippen LogP contribution >= 0.6 is 12.4 Å². The molecule has 0 radical (unpaired) electrons. The average molecular weight is 305 g/mol. The van der Waals surface area contributed by atoms with Crippen molar-refractivity contribution in [3.05, 3.63) is 48.5 Å². The number of hydrogen-bond acceptors (Lipinski definition) is 3. The molecule has 2 fully saturated rings. The molecule has 2 aliphatic heterocycles. The zero-order chi connectivity index (χ0) is 13.4. The first-order valence-corrected chi connectivity index (χ1v) is 7.39. The minimum Gasteiger partial charge on any atom is -0.316 e. The topological polar surface area (TPSA) is 33.1 Å². The van der Waals surface area contributed by atoms with Gasteiger partial charge in [0.15, 0.2) is 0 Å². The van der Waals surface area contributed by atoms with Gasteiger partial charge in [0.05, 0.1) is 6.33 Å². The van der Waals surface area contributed by atoms with Crippen LogP contribution in [0.4, 0.5) is 0 Å². The van der Waals surface area contributed by atoms with Crippen LogP contribution in [-0.2, 0) is 6.54 Å². The van der Waals surface area contributed by atoms with Crippen LogP contribution < -0.4 is 5.32 Å². The second-order valence-electron chi connectivity index (χ2n) is 6.01. The molecule has 0 unspecified atom stereocenters. The van der Waals surface area contributed by atoms with Gasteiger partial charge in [-0.05, 0) is 42.6 Å². The van der Waals surface area contributed by atoms with E-state index in [4.69, 9.17) is 0 Å². The van der Waals surface area contributed by atoms with Gasteiger partial charge >= 0.3 is 0 Å². The molecule has 112 valence electrons. The number of halogens is 1. The second kappa shape index (κ2) is 6.18. The number of benzene rings is 1. The van der Waals surface area contributed by atoms with Gasteiger partial charge in [0, 0.05) is 37.7 Å². The third-order valence-electron chi connectivity index (χ3n) is 4.61. The summed E-state index contributed by atoms with van der Waals surface area (Å²) in [6.45, 7) is 6.00. The molecule has 1 aromatic carbocycles. The Labute approximate surface area is 131 Å². The van der Waals surface area contributed by atoms with Crippen molar-refractivity contribution in [2.45, 2.75) is 6.54 Å². The zero-order valence-electron chi connectivity index (χ0n) is 12.0. The van der Waals surface area contributed by atoms with Crippen molar-refractivity contribution in [1.82, 2.24) is 19.8 Å². The Kier molecular flexibility index (Phi) is 4.29. The van der Waals surface area contributed by atoms with Crippen molar-refractivity contribution >= 4 is 12.4 Å². The van der Waals surface area contributed by atoms with E-state index in [0.29, 0.717) is 0 Å². The molecule has 21 heavy (non-hydrogen) atoms. The van der Waals surface area contributed by atoms with E-state index < -0.39 is 0 Å². The van der Waals surface area contributed by atoms with E-state index in [1.807, 2.05) is 23.3 Å². The molecule has 1 aromatic heterocycles. The molecule has 2 aliphatic rings. The Hall–Kier alpha value is -1.36. The predicted molar refractivity (Wildman–Crippen MR) is 85.9 cm³/mol. The predicted octanol–water partition coefficient (Wildman–Crippen LogP) is 1.95. The van der Waals surface area contributed by atoms with Crippen LogP contribution in [0.1, 0.15) is 5.56 Å². The first-order chi connectivity index (χ1) is 9.88. The SMILES string of the molecule is Cl.c1cn(-c2ccc(CN3C[C@H]4CNC[C@H]4C3)cc2)cn1. The fourth-order valence-corrected chi connectivity index (χ4v) is 3.53. The summed E-state index contributed by atoms with van der Waals surface area (Å²) in [4.78, 5) is 6.69. The van der Waals surface area contributed by atoms with Gasteiger partial charge in [-0.3, -0.25) is 4.90 Å². The third-order valence-corrected chi connectivity index (χ3v) is 4.61. The first kappa shape index (κ1) is 14.6. The van der Waals surface area contributed by atoms with Crippen LogP contribution in [0.15, 0.2) is 43.0 Å². The molecule has 3 heterocycles. The number of fused-ring (bicyclic) bond motifs is 1. The van der Waals surface area contributed by atoms with E-state index in [1.54, 1.807) is 0 Å². The van der Waals surface area contributed by atoms with Gasteiger partial charge in [0.1, 0.15) is 0 Å². The van der Waals surface area contributed by atoms with Crippen LogP contribution in [0.3, 0.4) is 0 Å². The molecule has 2 saturated heterocycles. The second-order valence-corrected chi connectivity index (χ2v) is 6.01. The first-order valence-electron chi connectivity index (χ1n) is 7.39. The number of likely N-dealkylation sites (tertiary alicyclic amines) is 1. The van der Waals surface area contributed by atoms with E-state index in [0.717, 1.165) is 18.4 Å². The summed E-state index contributed by atoms with van der Waals surface area (Å²) in [7, 11) is 0. The van der Waals surface area contributed by atoms with Crippen LogP contribution in [-0.4, -0.2) is 40.6 Å². The van der Waals surface area contributed by atoms with Crippen LogP contribution in [0.2, 0.25) is 0 Å². The van der Waals surface area contributed by atoms with Gasteiger partial charge in [-0.15, -0.1) is 12.4 Å². The summed E-state index contributed by atoms with van der Waals surface area (Å²) in [6.07, 6.45) is 5.62. The summed E-state index contributed by atoms with van der Waals surface area (Å²) in [6, 6.07) is 8.83. The van der Waals surface area contributed by atoms with Crippen LogP contribution in [0, 0.1) is 11.8 Å². The Balaban J connectivity index is 0.00000132. The maximum Gasteiger partial charge on any atom is 0.0991 e. The van der Waals surface area contributed by atoms with E-state index >= 15 is 0 Å². The molecule has 0 spiro atoms. The number of aromatic nitrogens is 2. The molecule has 0 saturated carbocycles. The van der Waals surface area contributed by atoms with Crippen molar-refractivity contribution in [1.29, 1.82) is 0 Å². The fourth-order valence-electron chi connectivity index (χ4n) is 3.53. The number of nitrogens with zero attached hydrogens (tertiary/aromatic N) is 3. The number of nitrogens with one attached hydrogen (secondary N) is 1. The molecule has 2 aromatic rings. The molecular formula is C16H21ClN4. The van der Waals surface area contributed by atoms with Crippen molar-refractivity contribution < 1.29 is 0 Å². The molecule has 0 bridgehead atoms. The lowest BCUT2D eigenvalue weighted by atomic mass is 10.0. The molecule has 4 rings (SSSR count). The normalized spacial score (nSPS) is 24.8. The van der Waals surface area contributed by atoms with E-state index in [9.17, 15) is 0 Å². The van der Waals surface area contributed by atoms with Gasteiger partial charge in [-0.2, -0.15) is 0 Å². The monoisotopic (exact) mass is 304 g/mol. The zero-order valence-corrected chi connectivity index (χ0v) is 12.8. The van der Waals surface area contributed by atoms with Crippen LogP contribution in [0.5, 0.6) is 0 Å². The van der Waals surface area contributed by atoms with Gasteiger partial charge < -0.3 is 9.88 Å². The minimum atomic E-state index is 0. The maximum absolute atomic E-state index is 4.09. The lowest BCUT2D eigenvalue weighted by molar-refractivity contribution is 0.305. The summed E-state index contributed by atoms with van der Waals surface area (Å²) in [5.41, 5.74) is 2.58. The summed E-state index contributed by atoms with van der Waals surface area (Å²) in [5, 5.41) is 3.50. The molecule has 0 aliphatic carbocycles. The Morgan fingerprint density at radius 3 is 2.43 bits per heavy atom. The van der Waals surface area contributed by atoms with Gasteiger partial charge in [0.2, 0.25) is 0 Å². The van der Waals surface area contributed by atoms with Crippen molar-refractivity contribution in [2.75, 3.05) is 26.2 Å². The highest BCUT2D eigenvalue weighted by Crippen LogP contribution is 2.27. The summed E-state index contributed by atoms with van der Waals surface area (Å²) < 4.78 is 2.04. The van der Waals surface area contributed by atoms with E-state index in [1.165, 1.54) is 37.4 Å². The largest absolute Gasteiger partial charge is 0.316 e. The Bertz CT molecular complexity index is 554. The van der Waals surface area contributed by atoms with Gasteiger partial charge in [-0.25, -0.2) is 4.98 Å².